The third-order valence-electron chi connectivity index (χ3n) is 4.20. The van der Waals surface area contributed by atoms with E-state index in [4.69, 9.17) is 12.2 Å². The van der Waals surface area contributed by atoms with Gasteiger partial charge in [-0.1, -0.05) is 20.8 Å². The molecular weight excluding hydrogens is 228 g/mol. The summed E-state index contributed by atoms with van der Waals surface area (Å²) in [6.07, 6.45) is 7.81. The second-order valence-corrected chi connectivity index (χ2v) is 7.21. The maximum absolute atomic E-state index is 5.33. The second kappa shape index (κ2) is 5.13. The average Bonchev–Trinajstić information content (AvgIpc) is 3.01. The Morgan fingerprint density at radius 2 is 1.29 bits per heavy atom. The molecule has 0 heterocycles. The first kappa shape index (κ1) is 13.1. The van der Waals surface area contributed by atoms with Crippen LogP contribution >= 0.6 is 12.2 Å². The molecule has 0 atom stereocenters. The lowest BCUT2D eigenvalue weighted by molar-refractivity contribution is 0.165. The first-order valence-corrected chi connectivity index (χ1v) is 7.43. The molecule has 0 aromatic heterocycles. The molecular formula is C14H26N2S. The van der Waals surface area contributed by atoms with Crippen molar-refractivity contribution in [2.45, 2.75) is 71.4 Å². The van der Waals surface area contributed by atoms with Crippen LogP contribution in [0, 0.1) is 11.3 Å². The lowest BCUT2D eigenvalue weighted by atomic mass is 9.71. The number of nitrogens with one attached hydrogen (secondary N) is 2. The topological polar surface area (TPSA) is 24.1 Å². The smallest absolute Gasteiger partial charge is 0.166 e. The summed E-state index contributed by atoms with van der Waals surface area (Å²) >= 11 is 5.33. The second-order valence-electron chi connectivity index (χ2n) is 6.81. The minimum atomic E-state index is 0.470. The molecule has 0 spiro atoms. The number of thiocarbonyl (C=S) groups is 1. The first-order valence-electron chi connectivity index (χ1n) is 7.02. The number of rotatable bonds is 2. The zero-order valence-corrected chi connectivity index (χ0v) is 12.2. The van der Waals surface area contributed by atoms with E-state index in [0.29, 0.717) is 17.5 Å². The van der Waals surface area contributed by atoms with Crippen molar-refractivity contribution in [3.8, 4) is 0 Å². The Bertz CT molecular complexity index is 270. The van der Waals surface area contributed by atoms with E-state index in [9.17, 15) is 0 Å². The quantitative estimate of drug-likeness (QED) is 0.740. The van der Waals surface area contributed by atoms with Gasteiger partial charge in [-0.2, -0.15) is 0 Å². The molecule has 0 aromatic carbocycles. The van der Waals surface area contributed by atoms with Gasteiger partial charge in [0.05, 0.1) is 0 Å². The fourth-order valence-electron chi connectivity index (χ4n) is 2.74. The summed E-state index contributed by atoms with van der Waals surface area (Å²) in [6, 6.07) is 1.27. The van der Waals surface area contributed by atoms with Crippen LogP contribution in [-0.2, 0) is 0 Å². The Balaban J connectivity index is 1.69. The minimum Gasteiger partial charge on any atom is -0.360 e. The highest BCUT2D eigenvalue weighted by Gasteiger charge is 2.30. The molecule has 2 rings (SSSR count). The molecule has 0 aliphatic heterocycles. The van der Waals surface area contributed by atoms with Gasteiger partial charge in [0.2, 0.25) is 0 Å². The van der Waals surface area contributed by atoms with Gasteiger partial charge in [0, 0.05) is 12.1 Å². The van der Waals surface area contributed by atoms with E-state index in [1.54, 1.807) is 0 Å². The van der Waals surface area contributed by atoms with Crippen molar-refractivity contribution in [1.29, 1.82) is 0 Å². The molecule has 17 heavy (non-hydrogen) atoms. The predicted octanol–water partition coefficient (Wildman–Crippen LogP) is 3.22. The largest absolute Gasteiger partial charge is 0.360 e. The Morgan fingerprint density at radius 1 is 0.882 bits per heavy atom. The average molecular weight is 254 g/mol. The summed E-state index contributed by atoms with van der Waals surface area (Å²) in [7, 11) is 0. The normalized spacial score (nSPS) is 29.8. The van der Waals surface area contributed by atoms with Crippen LogP contribution in [-0.4, -0.2) is 17.2 Å². The maximum atomic E-state index is 5.33. The van der Waals surface area contributed by atoms with Gasteiger partial charge >= 0.3 is 0 Å². The van der Waals surface area contributed by atoms with Crippen LogP contribution in [0.2, 0.25) is 0 Å². The molecule has 98 valence electrons. The van der Waals surface area contributed by atoms with Crippen molar-refractivity contribution in [2.24, 2.45) is 11.3 Å². The van der Waals surface area contributed by atoms with E-state index in [2.05, 4.69) is 31.4 Å². The van der Waals surface area contributed by atoms with E-state index in [0.717, 1.165) is 11.0 Å². The molecule has 2 N–H and O–H groups in total. The third-order valence-corrected chi connectivity index (χ3v) is 4.44. The van der Waals surface area contributed by atoms with Gasteiger partial charge in [0.1, 0.15) is 0 Å². The SMILES string of the molecule is CC(C)(C)C1CCC(NC(=S)NC2CC2)CC1. The number of hydrogen-bond acceptors (Lipinski definition) is 1. The molecule has 0 radical (unpaired) electrons. The molecule has 2 aliphatic rings. The molecule has 0 aromatic rings. The van der Waals surface area contributed by atoms with Crippen molar-refractivity contribution in [3.63, 3.8) is 0 Å². The highest BCUT2D eigenvalue weighted by Crippen LogP contribution is 2.37. The molecule has 0 amide bonds. The van der Waals surface area contributed by atoms with Crippen molar-refractivity contribution in [2.75, 3.05) is 0 Å². The fourth-order valence-corrected chi connectivity index (χ4v) is 3.08. The summed E-state index contributed by atoms with van der Waals surface area (Å²) in [5.74, 6) is 0.880. The molecule has 2 nitrogen and oxygen atoms in total. The van der Waals surface area contributed by atoms with Crippen LogP contribution in [0.5, 0.6) is 0 Å². The Hall–Kier alpha value is -0.310. The highest BCUT2D eigenvalue weighted by atomic mass is 32.1. The zero-order chi connectivity index (χ0) is 12.5. The molecule has 3 heteroatoms. The molecule has 2 aliphatic carbocycles. The summed E-state index contributed by atoms with van der Waals surface area (Å²) in [5.41, 5.74) is 0.470. The maximum Gasteiger partial charge on any atom is 0.166 e. The van der Waals surface area contributed by atoms with Crippen molar-refractivity contribution < 1.29 is 0 Å². The first-order chi connectivity index (χ1) is 7.95. The zero-order valence-electron chi connectivity index (χ0n) is 11.4. The van der Waals surface area contributed by atoms with Gasteiger partial charge in [-0.05, 0) is 62.1 Å². The predicted molar refractivity (Wildman–Crippen MR) is 77.1 cm³/mol. The van der Waals surface area contributed by atoms with Gasteiger partial charge in [-0.25, -0.2) is 0 Å². The van der Waals surface area contributed by atoms with Crippen LogP contribution < -0.4 is 10.6 Å². The molecule has 2 fully saturated rings. The van der Waals surface area contributed by atoms with Gasteiger partial charge in [-0.3, -0.25) is 0 Å². The van der Waals surface area contributed by atoms with Crippen LogP contribution in [0.1, 0.15) is 59.3 Å². The van der Waals surface area contributed by atoms with E-state index in [-0.39, 0.29) is 0 Å². The number of hydrogen-bond donors (Lipinski definition) is 2. The van der Waals surface area contributed by atoms with E-state index < -0.39 is 0 Å². The minimum absolute atomic E-state index is 0.470. The Labute approximate surface area is 111 Å². The lowest BCUT2D eigenvalue weighted by Gasteiger charge is -2.37. The molecule has 0 unspecified atom stereocenters. The standard InChI is InChI=1S/C14H26N2S/c1-14(2,3)10-4-6-11(7-5-10)15-13(17)16-12-8-9-12/h10-12H,4-9H2,1-3H3,(H2,15,16,17). The highest BCUT2D eigenvalue weighted by molar-refractivity contribution is 7.80. The van der Waals surface area contributed by atoms with Crippen LogP contribution in [0.4, 0.5) is 0 Å². The van der Waals surface area contributed by atoms with Crippen molar-refractivity contribution >= 4 is 17.3 Å². The Morgan fingerprint density at radius 3 is 1.65 bits per heavy atom. The molecule has 2 saturated carbocycles. The van der Waals surface area contributed by atoms with Gasteiger partial charge < -0.3 is 10.6 Å². The van der Waals surface area contributed by atoms with Gasteiger partial charge in [-0.15, -0.1) is 0 Å². The van der Waals surface area contributed by atoms with Gasteiger partial charge in [0.25, 0.3) is 0 Å². The van der Waals surface area contributed by atoms with Crippen molar-refractivity contribution in [3.05, 3.63) is 0 Å². The Kier molecular flexibility index (Phi) is 3.96. The third kappa shape index (κ3) is 4.13. The van der Waals surface area contributed by atoms with E-state index in [1.165, 1.54) is 38.5 Å². The van der Waals surface area contributed by atoms with Crippen molar-refractivity contribution in [1.82, 2.24) is 10.6 Å². The van der Waals surface area contributed by atoms with Crippen LogP contribution in [0.15, 0.2) is 0 Å². The molecule has 0 bridgehead atoms. The van der Waals surface area contributed by atoms with Crippen LogP contribution in [0.25, 0.3) is 0 Å². The summed E-state index contributed by atoms with van der Waals surface area (Å²) < 4.78 is 0. The monoisotopic (exact) mass is 254 g/mol. The van der Waals surface area contributed by atoms with E-state index in [1.807, 2.05) is 0 Å². The lowest BCUT2D eigenvalue weighted by Crippen LogP contribution is -2.44. The van der Waals surface area contributed by atoms with Gasteiger partial charge in [0.15, 0.2) is 5.11 Å². The summed E-state index contributed by atoms with van der Waals surface area (Å²) in [4.78, 5) is 0. The fraction of sp³-hybridized carbons (Fsp3) is 0.929. The van der Waals surface area contributed by atoms with Crippen LogP contribution in [0.3, 0.4) is 0 Å². The summed E-state index contributed by atoms with van der Waals surface area (Å²) in [6.45, 7) is 7.10. The molecule has 0 saturated heterocycles. The van der Waals surface area contributed by atoms with E-state index >= 15 is 0 Å². The summed E-state index contributed by atoms with van der Waals surface area (Å²) in [5, 5.41) is 7.73.